The van der Waals surface area contributed by atoms with E-state index in [9.17, 15) is 34.4 Å². The van der Waals surface area contributed by atoms with E-state index in [1.54, 1.807) is 29.5 Å². The Kier molecular flexibility index (Phi) is 21.3. The van der Waals surface area contributed by atoms with E-state index in [4.69, 9.17) is 15.1 Å². The lowest BCUT2D eigenvalue weighted by Crippen LogP contribution is -3.07. The first kappa shape index (κ1) is 64.0. The SMILES string of the molecule is CC[NH+]1C(=NC(C)C)Sc2cc(S(=O)(=O)O)ccc21.CC[n+]1c(NNc2sc3cc(S(=O)(=O)O)ccc3[n+]2CC)sc2cc(SOOO)ccc21.CCn1c(=NN=c2sc3cc(S(=O)(=O)O)ccc3n2CC)sc2cc(SOOO)ccc21. The average molecular weight is 1330 g/mol. The number of aliphatic imine (C=N–C) groups is 1. The number of anilines is 2. The van der Waals surface area contributed by atoms with Crippen LogP contribution in [0.4, 0.5) is 16.0 Å². The number of rotatable bonds is 19. The molecule has 0 amide bonds. The molecule has 1 unspecified atom stereocenters. The lowest BCUT2D eigenvalue weighted by molar-refractivity contribution is -0.724. The standard InChI is InChI=1S/2C18H18N4O6S4.C12H16N2O3S2/c2*1-3-21-13-7-5-11(31-28-27-23)9-15(13)29-17(21)19-20-18-22(4-2)14-8-6-12(32(24,25)26)10-16(14)30-18;1-4-14-10-6-5-9(19(15,16)17)7-11(10)18-12(14)13-8(2)3/h5-10H,3-4H2,1-2H3,(H2,23,24,25,26);5-10,23H,3-4H2,1-2H3,(H,24,25,26);5-8H,4H2,1-3H3,(H,15,16,17)/p+3. The molecule has 10 rings (SSSR count). The van der Waals surface area contributed by atoms with Crippen molar-refractivity contribution in [1.29, 1.82) is 0 Å². The Morgan fingerprint density at radius 3 is 1.51 bits per heavy atom. The second-order valence-corrected chi connectivity index (χ2v) is 28.4. The summed E-state index contributed by atoms with van der Waals surface area (Å²) in [6.45, 7) is 17.7. The minimum absolute atomic E-state index is 0.0694. The molecule has 25 nitrogen and oxygen atoms in total. The first-order valence-corrected chi connectivity index (χ1v) is 34.7. The van der Waals surface area contributed by atoms with Crippen LogP contribution in [-0.2, 0) is 75.3 Å². The number of hydrogen-bond donors (Lipinski definition) is 8. The number of amidine groups is 1. The third-order valence-electron chi connectivity index (χ3n) is 12.1. The molecule has 0 radical (unpaired) electrons. The summed E-state index contributed by atoms with van der Waals surface area (Å²) >= 11 is 8.93. The van der Waals surface area contributed by atoms with E-state index in [-0.39, 0.29) is 20.7 Å². The molecule has 8 N–H and O–H groups in total. The van der Waals surface area contributed by atoms with Gasteiger partial charge >= 0.3 is 10.3 Å². The molecule has 5 heterocycles. The maximum absolute atomic E-state index is 11.5. The van der Waals surface area contributed by atoms with Gasteiger partial charge in [-0.05, 0) is 168 Å². The van der Waals surface area contributed by atoms with Gasteiger partial charge in [-0.15, -0.1) is 18.9 Å². The second-order valence-electron chi connectivity index (χ2n) is 17.5. The Morgan fingerprint density at radius 1 is 0.590 bits per heavy atom. The largest absolute Gasteiger partial charge is 0.375 e. The van der Waals surface area contributed by atoms with Gasteiger partial charge in [-0.25, -0.2) is 29.5 Å². The zero-order valence-electron chi connectivity index (χ0n) is 44.8. The summed E-state index contributed by atoms with van der Waals surface area (Å²) in [5.41, 5.74) is 11.2. The molecular formula is C48H55N10O15S10+3. The number of nitrogens with zero attached hydrogens (tertiary/aromatic N) is 7. The van der Waals surface area contributed by atoms with Crippen LogP contribution in [0.3, 0.4) is 0 Å². The fraction of sp³-hybridized carbons (Fsp3) is 0.271. The van der Waals surface area contributed by atoms with Crippen molar-refractivity contribution in [2.45, 2.75) is 110 Å². The van der Waals surface area contributed by atoms with Crippen molar-refractivity contribution in [3.8, 4) is 0 Å². The highest BCUT2D eigenvalue weighted by molar-refractivity contribution is 8.13. The number of aromatic nitrogens is 4. The van der Waals surface area contributed by atoms with Crippen LogP contribution in [0, 0.1) is 0 Å². The Morgan fingerprint density at radius 2 is 1.02 bits per heavy atom. The van der Waals surface area contributed by atoms with Crippen molar-refractivity contribution >= 4 is 174 Å². The number of hydrazine groups is 1. The van der Waals surface area contributed by atoms with Gasteiger partial charge < -0.3 is 9.13 Å². The molecule has 0 spiro atoms. The van der Waals surface area contributed by atoms with Crippen LogP contribution >= 0.6 is 81.2 Å². The normalized spacial score (nSPS) is 14.7. The summed E-state index contributed by atoms with van der Waals surface area (Å²) in [6.07, 6.45) is 0. The highest BCUT2D eigenvalue weighted by Crippen LogP contribution is 2.34. The topological polar surface area (TPSA) is 324 Å². The van der Waals surface area contributed by atoms with Crippen molar-refractivity contribution in [1.82, 2.24) is 9.13 Å². The molecular weight excluding hydrogens is 1280 g/mol. The lowest BCUT2D eigenvalue weighted by Gasteiger charge is -2.10. The van der Waals surface area contributed by atoms with Crippen LogP contribution in [0.1, 0.15) is 48.5 Å². The van der Waals surface area contributed by atoms with Crippen LogP contribution < -0.4 is 34.5 Å². The molecule has 444 valence electrons. The van der Waals surface area contributed by atoms with Crippen LogP contribution in [0.25, 0.3) is 40.9 Å². The summed E-state index contributed by atoms with van der Waals surface area (Å²) in [6, 6.07) is 25.3. The first-order chi connectivity index (χ1) is 39.5. The Hall–Kier alpha value is -4.97. The van der Waals surface area contributed by atoms with Crippen molar-refractivity contribution in [3.05, 3.63) is 101 Å². The molecule has 1 aliphatic rings. The number of aryl methyl sites for hydroxylation is 4. The number of thiazole rings is 4. The number of thioether (sulfide) groups is 1. The van der Waals surface area contributed by atoms with Gasteiger partial charge in [-0.2, -0.15) is 25.3 Å². The molecule has 0 saturated heterocycles. The van der Waals surface area contributed by atoms with Crippen LogP contribution in [0.5, 0.6) is 0 Å². The van der Waals surface area contributed by atoms with E-state index in [1.165, 1.54) is 82.2 Å². The average Bonchev–Trinajstić information content (AvgIpc) is 4.28. The summed E-state index contributed by atoms with van der Waals surface area (Å²) < 4.78 is 116. The summed E-state index contributed by atoms with van der Waals surface area (Å²) in [7, 11) is -12.7. The van der Waals surface area contributed by atoms with Crippen molar-refractivity contribution in [3.63, 3.8) is 0 Å². The molecule has 1 aliphatic heterocycles. The van der Waals surface area contributed by atoms with Gasteiger partial charge in [0.2, 0.25) is 9.60 Å². The Labute approximate surface area is 504 Å². The summed E-state index contributed by atoms with van der Waals surface area (Å²) in [5, 5.41) is 35.5. The Balaban J connectivity index is 0.000000169. The van der Waals surface area contributed by atoms with Gasteiger partial charge in [-0.3, -0.25) is 13.7 Å². The van der Waals surface area contributed by atoms with E-state index in [0.29, 0.717) is 33.9 Å². The highest BCUT2D eigenvalue weighted by Gasteiger charge is 2.33. The van der Waals surface area contributed by atoms with Gasteiger partial charge in [0.05, 0.1) is 99.2 Å². The summed E-state index contributed by atoms with van der Waals surface area (Å²) in [5.74, 6) is 0. The molecule has 5 aromatic carbocycles. The lowest BCUT2D eigenvalue weighted by atomic mass is 10.3. The number of nitrogens with one attached hydrogen (secondary N) is 3. The van der Waals surface area contributed by atoms with Crippen molar-refractivity contribution < 1.29 is 82.2 Å². The van der Waals surface area contributed by atoms with Crippen LogP contribution in [-0.4, -0.2) is 76.3 Å². The molecule has 0 bridgehead atoms. The van der Waals surface area contributed by atoms with E-state index in [2.05, 4.69) is 56.3 Å². The predicted octanol–water partition coefficient (Wildman–Crippen LogP) is 9.03. The predicted molar refractivity (Wildman–Crippen MR) is 322 cm³/mol. The van der Waals surface area contributed by atoms with Crippen molar-refractivity contribution in [2.75, 3.05) is 17.4 Å². The maximum atomic E-state index is 11.5. The second kappa shape index (κ2) is 27.6. The van der Waals surface area contributed by atoms with E-state index in [0.717, 1.165) is 114 Å². The monoisotopic (exact) mass is 1330 g/mol. The molecule has 1 atom stereocenters. The first-order valence-electron chi connectivity index (χ1n) is 24.8. The van der Waals surface area contributed by atoms with Gasteiger partial charge in [-0.1, -0.05) is 43.6 Å². The van der Waals surface area contributed by atoms with Gasteiger partial charge in [0.25, 0.3) is 35.5 Å². The molecule has 9 aromatic rings. The van der Waals surface area contributed by atoms with E-state index in [1.807, 2.05) is 91.6 Å². The highest BCUT2D eigenvalue weighted by atomic mass is 32.2. The number of fused-ring (bicyclic) bond motifs is 5. The molecule has 83 heavy (non-hydrogen) atoms. The molecule has 0 saturated carbocycles. The quantitative estimate of drug-likeness (QED) is 0.0123. The summed E-state index contributed by atoms with van der Waals surface area (Å²) in [4.78, 5) is 9.02. The Bertz CT molecular complexity index is 4390. The number of benzene rings is 5. The van der Waals surface area contributed by atoms with E-state index >= 15 is 0 Å². The molecule has 4 aromatic heterocycles. The minimum Gasteiger partial charge on any atom is -0.315 e. The number of quaternary nitrogens is 1. The van der Waals surface area contributed by atoms with Crippen LogP contribution in [0.2, 0.25) is 0 Å². The molecule has 0 fully saturated rings. The van der Waals surface area contributed by atoms with Crippen molar-refractivity contribution in [2.24, 2.45) is 15.2 Å². The van der Waals surface area contributed by atoms with Crippen LogP contribution in [0.15, 0.2) is 136 Å². The maximum Gasteiger partial charge on any atom is 0.375 e. The third kappa shape index (κ3) is 15.0. The zero-order valence-corrected chi connectivity index (χ0v) is 53.0. The fourth-order valence-corrected chi connectivity index (χ4v) is 16.9. The zero-order chi connectivity index (χ0) is 60.0. The smallest absolute Gasteiger partial charge is 0.315 e. The fourth-order valence-electron chi connectivity index (χ4n) is 8.51. The molecule has 0 aliphatic carbocycles. The molecule has 35 heteroatoms. The van der Waals surface area contributed by atoms with Gasteiger partial charge in [0.1, 0.15) is 11.0 Å². The third-order valence-corrected chi connectivity index (χ3v) is 21.1. The number of hydrogen-bond acceptors (Lipinski definition) is 24. The van der Waals surface area contributed by atoms with Gasteiger partial charge in [0, 0.05) is 28.9 Å². The minimum atomic E-state index is -4.28. The van der Waals surface area contributed by atoms with Gasteiger partial charge in [0.15, 0.2) is 5.69 Å². The van der Waals surface area contributed by atoms with E-state index < -0.39 is 30.4 Å².